The Labute approximate surface area is 147 Å². The summed E-state index contributed by atoms with van der Waals surface area (Å²) >= 11 is 0. The van der Waals surface area contributed by atoms with E-state index in [9.17, 15) is 4.79 Å². The summed E-state index contributed by atoms with van der Waals surface area (Å²) in [6.45, 7) is 3.40. The number of likely N-dealkylation sites (N-methyl/N-ethyl adjacent to an activating group) is 1. The first-order valence-electron chi connectivity index (χ1n) is 8.39. The number of aromatic amines is 1. The van der Waals surface area contributed by atoms with E-state index in [0.717, 1.165) is 40.9 Å². The molecule has 130 valence electrons. The molecule has 4 N–H and O–H groups in total. The van der Waals surface area contributed by atoms with E-state index in [0.29, 0.717) is 12.4 Å². The third-order valence-corrected chi connectivity index (χ3v) is 4.00. The zero-order valence-corrected chi connectivity index (χ0v) is 14.5. The van der Waals surface area contributed by atoms with Gasteiger partial charge in [-0.3, -0.25) is 9.69 Å². The van der Waals surface area contributed by atoms with E-state index >= 15 is 0 Å². The highest BCUT2D eigenvalue weighted by Crippen LogP contribution is 2.25. The van der Waals surface area contributed by atoms with E-state index in [1.807, 2.05) is 48.3 Å². The van der Waals surface area contributed by atoms with Gasteiger partial charge >= 0.3 is 0 Å². The van der Waals surface area contributed by atoms with Gasteiger partial charge in [-0.15, -0.1) is 0 Å². The molecule has 0 aliphatic heterocycles. The Balaban J connectivity index is 1.70. The van der Waals surface area contributed by atoms with Gasteiger partial charge in [-0.2, -0.15) is 0 Å². The van der Waals surface area contributed by atoms with Crippen molar-refractivity contribution in [2.24, 2.45) is 0 Å². The number of pyridine rings is 1. The molecular formula is C19H23N5O. The lowest BCUT2D eigenvalue weighted by molar-refractivity contribution is -0.117. The molecule has 3 rings (SSSR count). The van der Waals surface area contributed by atoms with Crippen molar-refractivity contribution in [1.82, 2.24) is 14.9 Å². The number of fused-ring (bicyclic) bond motifs is 1. The zero-order chi connectivity index (χ0) is 17.8. The summed E-state index contributed by atoms with van der Waals surface area (Å²) in [6.07, 6.45) is 1.03. The first-order chi connectivity index (χ1) is 12.0. The van der Waals surface area contributed by atoms with E-state index in [2.05, 4.69) is 22.2 Å². The number of benzene rings is 1. The quantitative estimate of drug-likeness (QED) is 0.645. The van der Waals surface area contributed by atoms with Crippen molar-refractivity contribution in [2.45, 2.75) is 13.3 Å². The van der Waals surface area contributed by atoms with Crippen molar-refractivity contribution < 1.29 is 4.79 Å². The van der Waals surface area contributed by atoms with E-state index in [-0.39, 0.29) is 5.91 Å². The van der Waals surface area contributed by atoms with Crippen LogP contribution in [0.3, 0.4) is 0 Å². The fourth-order valence-corrected chi connectivity index (χ4v) is 2.82. The third-order valence-electron chi connectivity index (χ3n) is 4.00. The van der Waals surface area contributed by atoms with Gasteiger partial charge in [-0.05, 0) is 55.9 Å². The molecule has 0 bridgehead atoms. The van der Waals surface area contributed by atoms with Crippen LogP contribution >= 0.6 is 0 Å². The molecule has 0 aliphatic rings. The minimum absolute atomic E-state index is 0.00557. The van der Waals surface area contributed by atoms with Crippen molar-refractivity contribution in [3.05, 3.63) is 42.5 Å². The molecule has 2 aromatic heterocycles. The molecule has 0 saturated heterocycles. The summed E-state index contributed by atoms with van der Waals surface area (Å²) in [7, 11) is 1.95. The molecule has 1 aromatic carbocycles. The van der Waals surface area contributed by atoms with Gasteiger partial charge in [-0.1, -0.05) is 19.1 Å². The smallest absolute Gasteiger partial charge is 0.238 e. The van der Waals surface area contributed by atoms with E-state index in [1.165, 1.54) is 0 Å². The fourth-order valence-electron chi connectivity index (χ4n) is 2.82. The minimum Gasteiger partial charge on any atom is -0.384 e. The molecule has 25 heavy (non-hydrogen) atoms. The maximum atomic E-state index is 12.0. The third kappa shape index (κ3) is 4.16. The van der Waals surface area contributed by atoms with Crippen molar-refractivity contribution in [1.29, 1.82) is 0 Å². The summed E-state index contributed by atoms with van der Waals surface area (Å²) in [4.78, 5) is 21.7. The average Bonchev–Trinajstić information content (AvgIpc) is 2.98. The van der Waals surface area contributed by atoms with Crippen LogP contribution in [0, 0.1) is 0 Å². The number of hydrogen-bond donors (Lipinski definition) is 3. The van der Waals surface area contributed by atoms with Gasteiger partial charge in [0.25, 0.3) is 0 Å². The standard InChI is InChI=1S/C19H23N5O/c1-3-10-24(2)12-19(25)21-14-6-4-13(5-7-14)16-11-17-15(22-16)8-9-18(20)23-17/h4-9,11,22H,3,10,12H2,1-2H3,(H2,20,23)(H,21,25). The summed E-state index contributed by atoms with van der Waals surface area (Å²) in [5.74, 6) is 0.498. The van der Waals surface area contributed by atoms with Crippen molar-refractivity contribution in [3.8, 4) is 11.3 Å². The van der Waals surface area contributed by atoms with Crippen LogP contribution in [0.25, 0.3) is 22.3 Å². The molecular weight excluding hydrogens is 314 g/mol. The molecule has 1 amide bonds. The highest BCUT2D eigenvalue weighted by Gasteiger charge is 2.08. The summed E-state index contributed by atoms with van der Waals surface area (Å²) in [5, 5.41) is 2.92. The van der Waals surface area contributed by atoms with Gasteiger partial charge in [0.15, 0.2) is 0 Å². The number of anilines is 2. The lowest BCUT2D eigenvalue weighted by atomic mass is 10.1. The number of amides is 1. The number of hydrogen-bond acceptors (Lipinski definition) is 4. The van der Waals surface area contributed by atoms with Crippen LogP contribution in [-0.4, -0.2) is 40.9 Å². The Morgan fingerprint density at radius 1 is 1.24 bits per heavy atom. The van der Waals surface area contributed by atoms with Crippen LogP contribution in [-0.2, 0) is 4.79 Å². The normalized spacial score (nSPS) is 11.2. The van der Waals surface area contributed by atoms with Crippen LogP contribution in [0.15, 0.2) is 42.5 Å². The zero-order valence-electron chi connectivity index (χ0n) is 14.5. The molecule has 0 unspecified atom stereocenters. The molecule has 0 radical (unpaired) electrons. The highest BCUT2D eigenvalue weighted by molar-refractivity contribution is 5.92. The predicted octanol–water partition coefficient (Wildman–Crippen LogP) is 3.09. The lowest BCUT2D eigenvalue weighted by Crippen LogP contribution is -2.30. The summed E-state index contributed by atoms with van der Waals surface area (Å²) in [5.41, 5.74) is 10.3. The minimum atomic E-state index is -0.00557. The topological polar surface area (TPSA) is 87.0 Å². The maximum Gasteiger partial charge on any atom is 0.238 e. The highest BCUT2D eigenvalue weighted by atomic mass is 16.2. The number of nitrogens with zero attached hydrogens (tertiary/aromatic N) is 2. The second kappa shape index (κ2) is 7.36. The number of nitrogens with two attached hydrogens (primary N) is 1. The molecule has 0 saturated carbocycles. The van der Waals surface area contributed by atoms with Gasteiger partial charge in [-0.25, -0.2) is 4.98 Å². The van der Waals surface area contributed by atoms with E-state index in [1.54, 1.807) is 6.07 Å². The van der Waals surface area contributed by atoms with Crippen LogP contribution in [0.4, 0.5) is 11.5 Å². The monoisotopic (exact) mass is 337 g/mol. The van der Waals surface area contributed by atoms with Crippen molar-refractivity contribution in [3.63, 3.8) is 0 Å². The Hall–Kier alpha value is -2.86. The first kappa shape index (κ1) is 17.0. The van der Waals surface area contributed by atoms with Crippen LogP contribution in [0.2, 0.25) is 0 Å². The number of nitrogens with one attached hydrogen (secondary N) is 2. The number of nitrogen functional groups attached to an aromatic ring is 1. The fraction of sp³-hybridized carbons (Fsp3) is 0.263. The summed E-state index contributed by atoms with van der Waals surface area (Å²) in [6, 6.07) is 13.4. The molecule has 0 fully saturated rings. The first-order valence-corrected chi connectivity index (χ1v) is 8.39. The van der Waals surface area contributed by atoms with Crippen LogP contribution in [0.1, 0.15) is 13.3 Å². The average molecular weight is 337 g/mol. The van der Waals surface area contributed by atoms with Crippen LogP contribution in [0.5, 0.6) is 0 Å². The molecule has 6 heteroatoms. The number of carbonyl (C=O) groups is 1. The van der Waals surface area contributed by atoms with Crippen molar-refractivity contribution >= 4 is 28.4 Å². The molecule has 0 spiro atoms. The Morgan fingerprint density at radius 3 is 2.72 bits per heavy atom. The van der Waals surface area contributed by atoms with Gasteiger partial charge in [0, 0.05) is 11.4 Å². The van der Waals surface area contributed by atoms with Gasteiger partial charge in [0.1, 0.15) is 5.82 Å². The second-order valence-corrected chi connectivity index (χ2v) is 6.22. The molecule has 6 nitrogen and oxygen atoms in total. The number of aromatic nitrogens is 2. The van der Waals surface area contributed by atoms with Gasteiger partial charge in [0.05, 0.1) is 17.6 Å². The van der Waals surface area contributed by atoms with Gasteiger partial charge in [0.2, 0.25) is 5.91 Å². The predicted molar refractivity (Wildman–Crippen MR) is 102 cm³/mol. The SMILES string of the molecule is CCCN(C)CC(=O)Nc1ccc(-c2cc3nc(N)ccc3[nH]2)cc1. The second-order valence-electron chi connectivity index (χ2n) is 6.22. The lowest BCUT2D eigenvalue weighted by Gasteiger charge is -2.15. The molecule has 3 aromatic rings. The largest absolute Gasteiger partial charge is 0.384 e. The Bertz CT molecular complexity index is 869. The summed E-state index contributed by atoms with van der Waals surface area (Å²) < 4.78 is 0. The molecule has 0 atom stereocenters. The van der Waals surface area contributed by atoms with Crippen molar-refractivity contribution in [2.75, 3.05) is 31.2 Å². The molecule has 0 aliphatic carbocycles. The number of rotatable bonds is 6. The Kier molecular flexibility index (Phi) is 5.00. The number of H-pyrrole nitrogens is 1. The maximum absolute atomic E-state index is 12.0. The number of carbonyl (C=O) groups excluding carboxylic acids is 1. The van der Waals surface area contributed by atoms with Gasteiger partial charge < -0.3 is 16.0 Å². The Morgan fingerprint density at radius 2 is 2.00 bits per heavy atom. The van der Waals surface area contributed by atoms with E-state index in [4.69, 9.17) is 5.73 Å². The van der Waals surface area contributed by atoms with Crippen LogP contribution < -0.4 is 11.1 Å². The molecule has 2 heterocycles. The van der Waals surface area contributed by atoms with E-state index < -0.39 is 0 Å².